The van der Waals surface area contributed by atoms with Crippen molar-refractivity contribution < 1.29 is 0 Å². The second-order valence-corrected chi connectivity index (χ2v) is 10.1. The second-order valence-electron chi connectivity index (χ2n) is 9.07. The van der Waals surface area contributed by atoms with E-state index in [9.17, 15) is 9.59 Å². The van der Waals surface area contributed by atoms with Crippen LogP contribution in [0.1, 0.15) is 31.7 Å². The molecule has 10 heteroatoms. The van der Waals surface area contributed by atoms with E-state index in [-0.39, 0.29) is 11.2 Å². The number of aromatic nitrogens is 6. The Morgan fingerprint density at radius 2 is 1.62 bits per heavy atom. The smallest absolute Gasteiger partial charge is 0.332 e. The van der Waals surface area contributed by atoms with Crippen molar-refractivity contribution >= 4 is 28.9 Å². The van der Waals surface area contributed by atoms with Crippen LogP contribution in [0.3, 0.4) is 0 Å². The van der Waals surface area contributed by atoms with E-state index < -0.39 is 0 Å². The molecule has 1 fully saturated rings. The van der Waals surface area contributed by atoms with Crippen molar-refractivity contribution in [1.29, 1.82) is 0 Å². The molecule has 0 aliphatic carbocycles. The van der Waals surface area contributed by atoms with Gasteiger partial charge < -0.3 is 9.47 Å². The Hall–Kier alpha value is -2.62. The van der Waals surface area contributed by atoms with Gasteiger partial charge in [0.2, 0.25) is 5.95 Å². The van der Waals surface area contributed by atoms with Gasteiger partial charge in [0.15, 0.2) is 16.3 Å². The summed E-state index contributed by atoms with van der Waals surface area (Å²) in [5.41, 5.74) is 2.11. The molecule has 0 saturated carbocycles. The van der Waals surface area contributed by atoms with Crippen molar-refractivity contribution in [2.75, 3.05) is 23.7 Å². The van der Waals surface area contributed by atoms with E-state index in [0.29, 0.717) is 35.3 Å². The molecule has 1 aliphatic rings. The minimum Gasteiger partial charge on any atom is -0.342 e. The molecule has 0 unspecified atom stereocenters. The van der Waals surface area contributed by atoms with Gasteiger partial charge in [-0.1, -0.05) is 25.6 Å². The molecule has 2 atom stereocenters. The first-order valence-electron chi connectivity index (χ1n) is 11.0. The van der Waals surface area contributed by atoms with Crippen LogP contribution < -0.4 is 16.1 Å². The molecule has 3 aromatic heterocycles. The monoisotopic (exact) mass is 457 g/mol. The Bertz CT molecular complexity index is 1250. The topological polar surface area (TPSA) is 90.8 Å². The van der Waals surface area contributed by atoms with Crippen LogP contribution in [0, 0.1) is 25.7 Å². The Labute approximate surface area is 191 Å². The molecule has 172 valence electrons. The summed E-state index contributed by atoms with van der Waals surface area (Å²) in [5, 5.41) is 0.731. The van der Waals surface area contributed by atoms with E-state index in [1.54, 1.807) is 18.8 Å². The first kappa shape index (κ1) is 22.6. The van der Waals surface area contributed by atoms with Crippen molar-refractivity contribution in [3.05, 3.63) is 38.3 Å². The normalized spacial score (nSPS) is 19.1. The highest BCUT2D eigenvalue weighted by atomic mass is 32.2. The summed E-state index contributed by atoms with van der Waals surface area (Å²) in [6.07, 6.45) is 1.18. The zero-order chi connectivity index (χ0) is 23.2. The molecule has 0 amide bonds. The van der Waals surface area contributed by atoms with Gasteiger partial charge in [-0.25, -0.2) is 14.8 Å². The van der Waals surface area contributed by atoms with Crippen LogP contribution in [-0.4, -0.2) is 47.5 Å². The average molecular weight is 458 g/mol. The summed E-state index contributed by atoms with van der Waals surface area (Å²) in [5.74, 6) is 2.53. The molecular formula is C22H31N7O2S. The molecule has 0 bridgehead atoms. The molecule has 1 aliphatic heterocycles. The zero-order valence-electron chi connectivity index (χ0n) is 19.6. The van der Waals surface area contributed by atoms with Crippen molar-refractivity contribution in [3.8, 4) is 0 Å². The van der Waals surface area contributed by atoms with Gasteiger partial charge in [-0.2, -0.15) is 4.98 Å². The maximum atomic E-state index is 13.1. The molecule has 4 rings (SSSR count). The van der Waals surface area contributed by atoms with Crippen molar-refractivity contribution in [1.82, 2.24) is 28.7 Å². The predicted octanol–water partition coefficient (Wildman–Crippen LogP) is 2.12. The summed E-state index contributed by atoms with van der Waals surface area (Å²) in [4.78, 5) is 41.7. The third-order valence-corrected chi connectivity index (χ3v) is 6.81. The van der Waals surface area contributed by atoms with Gasteiger partial charge in [0.05, 0.1) is 0 Å². The number of imidazole rings is 1. The first-order chi connectivity index (χ1) is 15.2. The number of fused-ring (bicyclic) bond motifs is 1. The lowest BCUT2D eigenvalue weighted by Crippen LogP contribution is -2.40. The third kappa shape index (κ3) is 4.20. The molecule has 9 nitrogen and oxygen atoms in total. The SMILES string of the molecule is Cc1cc(C)nc(SCCn2c(N3C[C@H](C)C[C@@H](C)C3)nc3c2c(=O)n(C)c(=O)n3C)n1. The zero-order valence-corrected chi connectivity index (χ0v) is 20.4. The predicted molar refractivity (Wildman–Crippen MR) is 128 cm³/mol. The summed E-state index contributed by atoms with van der Waals surface area (Å²) >= 11 is 1.56. The minimum atomic E-state index is -0.364. The van der Waals surface area contributed by atoms with Gasteiger partial charge in [-0.05, 0) is 38.2 Å². The molecular weight excluding hydrogens is 426 g/mol. The van der Waals surface area contributed by atoms with Crippen LogP contribution in [0.15, 0.2) is 20.8 Å². The fourth-order valence-electron chi connectivity index (χ4n) is 4.70. The summed E-state index contributed by atoms with van der Waals surface area (Å²) in [6, 6.07) is 1.95. The van der Waals surface area contributed by atoms with Crippen molar-refractivity contribution in [2.24, 2.45) is 25.9 Å². The molecule has 0 N–H and O–H groups in total. The highest BCUT2D eigenvalue weighted by molar-refractivity contribution is 7.99. The van der Waals surface area contributed by atoms with Crippen LogP contribution in [0.25, 0.3) is 11.2 Å². The first-order valence-corrected chi connectivity index (χ1v) is 12.0. The largest absolute Gasteiger partial charge is 0.342 e. The number of piperidine rings is 1. The molecule has 4 heterocycles. The van der Waals surface area contributed by atoms with E-state index in [1.807, 2.05) is 24.5 Å². The van der Waals surface area contributed by atoms with Gasteiger partial charge in [0, 0.05) is 50.9 Å². The van der Waals surface area contributed by atoms with Gasteiger partial charge >= 0.3 is 5.69 Å². The van der Waals surface area contributed by atoms with Gasteiger partial charge in [0.25, 0.3) is 5.56 Å². The number of anilines is 1. The maximum absolute atomic E-state index is 13.1. The molecule has 0 spiro atoms. The standard InChI is InChI=1S/C22H31N7O2S/c1-13-9-14(2)12-28(11-13)21-25-18-17(19(30)27(6)22(31)26(18)5)29(21)7-8-32-20-23-15(3)10-16(4)24-20/h10,13-14H,7-9,11-12H2,1-6H3/t13-,14-/m1/s1. The second kappa shape index (κ2) is 8.73. The van der Waals surface area contributed by atoms with Crippen LogP contribution in [0.4, 0.5) is 5.95 Å². The molecule has 0 aromatic carbocycles. The van der Waals surface area contributed by atoms with Crippen molar-refractivity contribution in [3.63, 3.8) is 0 Å². The van der Waals surface area contributed by atoms with E-state index in [4.69, 9.17) is 4.98 Å². The van der Waals surface area contributed by atoms with Crippen LogP contribution in [0.2, 0.25) is 0 Å². The fourth-order valence-corrected chi connectivity index (χ4v) is 5.57. The van der Waals surface area contributed by atoms with Crippen LogP contribution in [-0.2, 0) is 20.6 Å². The Morgan fingerprint density at radius 3 is 2.25 bits per heavy atom. The van der Waals surface area contributed by atoms with Gasteiger partial charge in [-0.15, -0.1) is 0 Å². The lowest BCUT2D eigenvalue weighted by atomic mass is 9.92. The summed E-state index contributed by atoms with van der Waals surface area (Å²) < 4.78 is 4.61. The summed E-state index contributed by atoms with van der Waals surface area (Å²) in [6.45, 7) is 10.8. The number of hydrogen-bond donors (Lipinski definition) is 0. The molecule has 32 heavy (non-hydrogen) atoms. The molecule has 0 radical (unpaired) electrons. The van der Waals surface area contributed by atoms with Crippen LogP contribution in [0.5, 0.6) is 0 Å². The highest BCUT2D eigenvalue weighted by Crippen LogP contribution is 2.28. The highest BCUT2D eigenvalue weighted by Gasteiger charge is 2.28. The van der Waals surface area contributed by atoms with E-state index in [0.717, 1.165) is 40.1 Å². The molecule has 1 saturated heterocycles. The number of nitrogens with zero attached hydrogens (tertiary/aromatic N) is 7. The number of aryl methyl sites for hydroxylation is 4. The average Bonchev–Trinajstić information content (AvgIpc) is 3.09. The van der Waals surface area contributed by atoms with Crippen molar-refractivity contribution in [2.45, 2.75) is 45.8 Å². The van der Waals surface area contributed by atoms with Crippen LogP contribution >= 0.6 is 11.8 Å². The summed E-state index contributed by atoms with van der Waals surface area (Å²) in [7, 11) is 3.19. The third-order valence-electron chi connectivity index (χ3n) is 5.99. The Balaban J connectivity index is 1.76. The number of thioether (sulfide) groups is 1. The fraction of sp³-hybridized carbons (Fsp3) is 0.591. The number of rotatable bonds is 5. The van der Waals surface area contributed by atoms with E-state index in [2.05, 4.69) is 28.7 Å². The van der Waals surface area contributed by atoms with Gasteiger partial charge in [0.1, 0.15) is 0 Å². The Kier molecular flexibility index (Phi) is 6.15. The molecule has 3 aromatic rings. The quantitative estimate of drug-likeness (QED) is 0.428. The minimum absolute atomic E-state index is 0.312. The Morgan fingerprint density at radius 1 is 1.00 bits per heavy atom. The van der Waals surface area contributed by atoms with E-state index >= 15 is 0 Å². The van der Waals surface area contributed by atoms with Gasteiger partial charge in [-0.3, -0.25) is 13.9 Å². The van der Waals surface area contributed by atoms with E-state index in [1.165, 1.54) is 18.0 Å². The number of hydrogen-bond acceptors (Lipinski definition) is 7. The maximum Gasteiger partial charge on any atom is 0.332 e. The lowest BCUT2D eigenvalue weighted by molar-refractivity contribution is 0.352. The lowest BCUT2D eigenvalue weighted by Gasteiger charge is -2.35.